The van der Waals surface area contributed by atoms with Gasteiger partial charge in [-0.05, 0) is 32.1 Å². The lowest BCUT2D eigenvalue weighted by atomic mass is 10.1. The molecule has 2 unspecified atom stereocenters. The molecule has 0 aromatic carbocycles. The summed E-state index contributed by atoms with van der Waals surface area (Å²) in [6.07, 6.45) is 0.965. The Morgan fingerprint density at radius 3 is 2.50 bits per heavy atom. The molecule has 0 spiro atoms. The van der Waals surface area contributed by atoms with Crippen LogP contribution in [-0.4, -0.2) is 29.2 Å². The van der Waals surface area contributed by atoms with Crippen molar-refractivity contribution in [3.63, 3.8) is 0 Å². The van der Waals surface area contributed by atoms with Crippen LogP contribution in [0, 0.1) is 11.8 Å². The number of aliphatic hydroxyl groups excluding tert-OH is 1. The van der Waals surface area contributed by atoms with E-state index in [1.54, 1.807) is 0 Å². The Kier molecular flexibility index (Phi) is 1.13. The normalized spacial score (nSPS) is 59.8. The molecule has 3 aliphatic rings. The first kappa shape index (κ1) is 7.30. The van der Waals surface area contributed by atoms with Crippen molar-refractivity contribution in [3.8, 4) is 0 Å². The van der Waals surface area contributed by atoms with Gasteiger partial charge in [-0.15, -0.1) is 0 Å². The third-order valence-electron chi connectivity index (χ3n) is 3.25. The summed E-state index contributed by atoms with van der Waals surface area (Å²) in [6, 6.07) is 0. The fraction of sp³-hybridized carbons (Fsp3) is 1.00. The number of fused-ring (bicyclic) bond motifs is 3. The Balaban J connectivity index is 1.86. The third-order valence-corrected chi connectivity index (χ3v) is 3.25. The van der Waals surface area contributed by atoms with Crippen LogP contribution in [0.5, 0.6) is 0 Å². The molecule has 3 fully saturated rings. The summed E-state index contributed by atoms with van der Waals surface area (Å²) in [5.74, 6) is 0.562. The predicted octanol–water partition coefficient (Wildman–Crippen LogP) is 0.517. The van der Waals surface area contributed by atoms with Gasteiger partial charge in [-0.1, -0.05) is 0 Å². The van der Waals surface area contributed by atoms with E-state index in [4.69, 9.17) is 9.47 Å². The molecule has 0 radical (unpaired) electrons. The minimum absolute atomic E-state index is 0.0521. The molecule has 0 amide bonds. The summed E-state index contributed by atoms with van der Waals surface area (Å²) < 4.78 is 11.3. The van der Waals surface area contributed by atoms with Gasteiger partial charge in [0.25, 0.3) is 0 Å². The SMILES string of the molecule is CC1(C)O[C@@H]2[C@H](O1)C1CC1[C@@H]2O. The zero-order valence-electron chi connectivity index (χ0n) is 7.36. The minimum atomic E-state index is -0.482. The highest BCUT2D eigenvalue weighted by Gasteiger charge is 2.65. The number of rotatable bonds is 0. The van der Waals surface area contributed by atoms with E-state index in [9.17, 15) is 5.11 Å². The van der Waals surface area contributed by atoms with Crippen LogP contribution in [0.25, 0.3) is 0 Å². The van der Waals surface area contributed by atoms with Crippen LogP contribution in [0.2, 0.25) is 0 Å². The highest BCUT2D eigenvalue weighted by molar-refractivity contribution is 5.12. The highest BCUT2D eigenvalue weighted by Crippen LogP contribution is 2.57. The van der Waals surface area contributed by atoms with Gasteiger partial charge in [-0.2, -0.15) is 0 Å². The maximum absolute atomic E-state index is 9.74. The average molecular weight is 170 g/mol. The smallest absolute Gasteiger partial charge is 0.163 e. The Labute approximate surface area is 71.7 Å². The molecule has 2 saturated carbocycles. The van der Waals surface area contributed by atoms with Crippen LogP contribution < -0.4 is 0 Å². The molecule has 1 N–H and O–H groups in total. The molecule has 2 aliphatic carbocycles. The van der Waals surface area contributed by atoms with Gasteiger partial charge in [0.05, 0.1) is 12.2 Å². The lowest BCUT2D eigenvalue weighted by Gasteiger charge is -2.19. The van der Waals surface area contributed by atoms with Crippen molar-refractivity contribution in [2.45, 2.75) is 44.4 Å². The molecule has 1 saturated heterocycles. The summed E-state index contributed by atoms with van der Waals surface area (Å²) in [5, 5.41) is 9.74. The van der Waals surface area contributed by atoms with Gasteiger partial charge in [0.1, 0.15) is 6.10 Å². The quantitative estimate of drug-likeness (QED) is 0.576. The van der Waals surface area contributed by atoms with Crippen LogP contribution >= 0.6 is 0 Å². The van der Waals surface area contributed by atoms with Gasteiger partial charge in [0, 0.05) is 0 Å². The maximum Gasteiger partial charge on any atom is 0.163 e. The van der Waals surface area contributed by atoms with Crippen LogP contribution in [0.1, 0.15) is 20.3 Å². The number of hydrogen-bond donors (Lipinski definition) is 1. The summed E-state index contributed by atoms with van der Waals surface area (Å²) >= 11 is 0. The van der Waals surface area contributed by atoms with Crippen LogP contribution in [0.4, 0.5) is 0 Å². The number of aliphatic hydroxyl groups is 1. The van der Waals surface area contributed by atoms with Crippen molar-refractivity contribution >= 4 is 0 Å². The summed E-state index contributed by atoms with van der Waals surface area (Å²) in [6.45, 7) is 3.82. The van der Waals surface area contributed by atoms with Crippen LogP contribution in [0.3, 0.4) is 0 Å². The van der Waals surface area contributed by atoms with Crippen molar-refractivity contribution in [1.29, 1.82) is 0 Å². The molecule has 3 heteroatoms. The van der Waals surface area contributed by atoms with E-state index in [0.29, 0.717) is 11.8 Å². The monoisotopic (exact) mass is 170 g/mol. The topological polar surface area (TPSA) is 38.7 Å². The molecular weight excluding hydrogens is 156 g/mol. The first-order valence-corrected chi connectivity index (χ1v) is 4.62. The molecule has 0 aromatic rings. The molecule has 0 bridgehead atoms. The van der Waals surface area contributed by atoms with Crippen molar-refractivity contribution < 1.29 is 14.6 Å². The van der Waals surface area contributed by atoms with Gasteiger partial charge >= 0.3 is 0 Å². The second-order valence-corrected chi connectivity index (χ2v) is 4.62. The molecule has 5 atom stereocenters. The lowest BCUT2D eigenvalue weighted by molar-refractivity contribution is -0.162. The van der Waals surface area contributed by atoms with Gasteiger partial charge in [0.2, 0.25) is 0 Å². The summed E-state index contributed by atoms with van der Waals surface area (Å²) in [4.78, 5) is 0. The maximum atomic E-state index is 9.74. The Morgan fingerprint density at radius 1 is 1.17 bits per heavy atom. The largest absolute Gasteiger partial charge is 0.390 e. The van der Waals surface area contributed by atoms with Gasteiger partial charge < -0.3 is 14.6 Å². The average Bonchev–Trinajstić information content (AvgIpc) is 2.62. The van der Waals surface area contributed by atoms with Gasteiger partial charge in [-0.25, -0.2) is 0 Å². The minimum Gasteiger partial charge on any atom is -0.390 e. The molecule has 3 nitrogen and oxygen atoms in total. The third kappa shape index (κ3) is 0.767. The molecule has 1 aliphatic heterocycles. The lowest BCUT2D eigenvalue weighted by Crippen LogP contribution is -2.31. The fourth-order valence-corrected chi connectivity index (χ4v) is 2.66. The molecule has 12 heavy (non-hydrogen) atoms. The van der Waals surface area contributed by atoms with E-state index in [0.717, 1.165) is 6.42 Å². The molecule has 1 heterocycles. The Hall–Kier alpha value is -0.120. The fourth-order valence-electron chi connectivity index (χ4n) is 2.66. The second kappa shape index (κ2) is 1.86. The van der Waals surface area contributed by atoms with Gasteiger partial charge in [0.15, 0.2) is 5.79 Å². The van der Waals surface area contributed by atoms with Crippen LogP contribution in [-0.2, 0) is 9.47 Å². The van der Waals surface area contributed by atoms with Crippen LogP contribution in [0.15, 0.2) is 0 Å². The standard InChI is InChI=1S/C9H14O3/c1-9(2)11-7-5-3-4(5)6(10)8(7)12-9/h4-8,10H,3H2,1-2H3/t4?,5?,6-,7+,8-/m0/s1. The molecule has 68 valence electrons. The Bertz CT molecular complexity index is 218. The zero-order valence-corrected chi connectivity index (χ0v) is 7.36. The first-order valence-electron chi connectivity index (χ1n) is 4.62. The van der Waals surface area contributed by atoms with E-state index in [1.165, 1.54) is 0 Å². The van der Waals surface area contributed by atoms with Crippen molar-refractivity contribution in [3.05, 3.63) is 0 Å². The zero-order chi connectivity index (χ0) is 8.51. The predicted molar refractivity (Wildman–Crippen MR) is 41.4 cm³/mol. The first-order chi connectivity index (χ1) is 5.58. The van der Waals surface area contributed by atoms with E-state index in [1.807, 2.05) is 13.8 Å². The van der Waals surface area contributed by atoms with E-state index in [-0.39, 0.29) is 18.3 Å². The highest BCUT2D eigenvalue weighted by atomic mass is 16.8. The summed E-state index contributed by atoms with van der Waals surface area (Å²) in [7, 11) is 0. The second-order valence-electron chi connectivity index (χ2n) is 4.62. The number of hydrogen-bond acceptors (Lipinski definition) is 3. The van der Waals surface area contributed by atoms with Crippen molar-refractivity contribution in [1.82, 2.24) is 0 Å². The summed E-state index contributed by atoms with van der Waals surface area (Å²) in [5.41, 5.74) is 0. The van der Waals surface area contributed by atoms with E-state index >= 15 is 0 Å². The van der Waals surface area contributed by atoms with Gasteiger partial charge in [-0.3, -0.25) is 0 Å². The van der Waals surface area contributed by atoms with Crippen molar-refractivity contribution in [2.75, 3.05) is 0 Å². The van der Waals surface area contributed by atoms with E-state index < -0.39 is 5.79 Å². The van der Waals surface area contributed by atoms with Crippen molar-refractivity contribution in [2.24, 2.45) is 11.8 Å². The van der Waals surface area contributed by atoms with E-state index in [2.05, 4.69) is 0 Å². The molecular formula is C9H14O3. The molecule has 3 rings (SSSR count). The Morgan fingerprint density at radius 2 is 1.83 bits per heavy atom. The molecule has 0 aromatic heterocycles. The number of ether oxygens (including phenoxy) is 2.